The molecular formula is C36H41F3O4. The molecule has 0 heterocycles. The zero-order valence-electron chi connectivity index (χ0n) is 25.1. The number of esters is 1. The number of benzene rings is 3. The molecule has 0 radical (unpaired) electrons. The quantitative estimate of drug-likeness (QED) is 0.122. The van der Waals surface area contributed by atoms with E-state index in [0.29, 0.717) is 11.3 Å². The van der Waals surface area contributed by atoms with E-state index >= 15 is 13.2 Å². The maximum Gasteiger partial charge on any atom is 0.333 e. The molecule has 0 saturated heterocycles. The average Bonchev–Trinajstić information content (AvgIpc) is 3.00. The van der Waals surface area contributed by atoms with E-state index in [2.05, 4.69) is 13.5 Å². The Kier molecular flexibility index (Phi) is 11.5. The lowest BCUT2D eigenvalue weighted by Crippen LogP contribution is -2.13. The van der Waals surface area contributed by atoms with Crippen LogP contribution in [0.2, 0.25) is 0 Å². The zero-order chi connectivity index (χ0) is 30.9. The maximum absolute atomic E-state index is 15.6. The van der Waals surface area contributed by atoms with Crippen LogP contribution in [0.3, 0.4) is 0 Å². The Morgan fingerprint density at radius 1 is 0.884 bits per heavy atom. The van der Waals surface area contributed by atoms with Crippen molar-refractivity contribution >= 4 is 5.97 Å². The Hall–Kier alpha value is -3.58. The van der Waals surface area contributed by atoms with Crippen molar-refractivity contribution in [3.63, 3.8) is 0 Å². The molecule has 3 aromatic carbocycles. The fourth-order valence-corrected chi connectivity index (χ4v) is 5.90. The number of rotatable bonds is 13. The van der Waals surface area contributed by atoms with Crippen LogP contribution in [-0.4, -0.2) is 24.3 Å². The van der Waals surface area contributed by atoms with Gasteiger partial charge in [-0.1, -0.05) is 57.4 Å². The number of unbranched alkanes of at least 4 members (excludes halogenated alkanes) is 2. The molecule has 1 aliphatic rings. The maximum atomic E-state index is 15.6. The molecule has 230 valence electrons. The monoisotopic (exact) mass is 594 g/mol. The number of halogens is 3. The van der Waals surface area contributed by atoms with E-state index in [1.807, 2.05) is 6.07 Å². The van der Waals surface area contributed by atoms with Crippen LogP contribution in [-0.2, 0) is 16.1 Å². The van der Waals surface area contributed by atoms with Gasteiger partial charge in [-0.2, -0.15) is 0 Å². The van der Waals surface area contributed by atoms with Gasteiger partial charge < -0.3 is 14.6 Å². The highest BCUT2D eigenvalue weighted by Gasteiger charge is 2.24. The first kappa shape index (κ1) is 32.3. The second kappa shape index (κ2) is 15.2. The van der Waals surface area contributed by atoms with Crippen LogP contribution in [0.15, 0.2) is 60.7 Å². The van der Waals surface area contributed by atoms with Crippen molar-refractivity contribution in [3.8, 4) is 28.0 Å². The SMILES string of the molecule is C=C(C)C(=O)OCc1cc(OCCO)ccc1-c1cc(F)c(-c2ccc(C3CCC(CCCCC)CC3)cc2F)cc1F. The summed E-state index contributed by atoms with van der Waals surface area (Å²) in [6.07, 6.45) is 9.33. The van der Waals surface area contributed by atoms with E-state index < -0.39 is 23.4 Å². The molecule has 0 aromatic heterocycles. The molecule has 1 N–H and O–H groups in total. The minimum absolute atomic E-state index is 0.00307. The number of carbonyl (C=O) groups excluding carboxylic acids is 1. The van der Waals surface area contributed by atoms with Crippen molar-refractivity contribution in [2.45, 2.75) is 77.7 Å². The Morgan fingerprint density at radius 2 is 1.53 bits per heavy atom. The Balaban J connectivity index is 1.56. The molecule has 3 aromatic rings. The largest absolute Gasteiger partial charge is 0.491 e. The summed E-state index contributed by atoms with van der Waals surface area (Å²) < 4.78 is 57.2. The topological polar surface area (TPSA) is 55.8 Å². The van der Waals surface area contributed by atoms with Gasteiger partial charge in [-0.05, 0) is 85.9 Å². The molecular weight excluding hydrogens is 553 g/mol. The second-order valence-electron chi connectivity index (χ2n) is 11.5. The summed E-state index contributed by atoms with van der Waals surface area (Å²) in [5, 5.41) is 9.08. The summed E-state index contributed by atoms with van der Waals surface area (Å²) >= 11 is 0. The fraction of sp³-hybridized carbons (Fsp3) is 0.417. The van der Waals surface area contributed by atoms with E-state index in [9.17, 15) is 4.79 Å². The van der Waals surface area contributed by atoms with Gasteiger partial charge in [0.05, 0.1) is 6.61 Å². The van der Waals surface area contributed by atoms with E-state index in [4.69, 9.17) is 14.6 Å². The summed E-state index contributed by atoms with van der Waals surface area (Å²) in [5.41, 5.74) is 1.53. The number of carbonyl (C=O) groups is 1. The van der Waals surface area contributed by atoms with Crippen molar-refractivity contribution in [1.82, 2.24) is 0 Å². The predicted molar refractivity (Wildman–Crippen MR) is 163 cm³/mol. The lowest BCUT2D eigenvalue weighted by Gasteiger charge is -2.29. The Morgan fingerprint density at radius 3 is 2.16 bits per heavy atom. The summed E-state index contributed by atoms with van der Waals surface area (Å²) in [4.78, 5) is 12.0. The molecule has 0 aliphatic heterocycles. The highest BCUT2D eigenvalue weighted by molar-refractivity contribution is 5.87. The molecule has 1 fully saturated rings. The van der Waals surface area contributed by atoms with Crippen molar-refractivity contribution in [2.75, 3.05) is 13.2 Å². The standard InChI is InChI=1S/C36H41F3O4/c1-4-5-6-7-24-8-10-25(11-9-24)26-12-14-30(33(37)19-26)32-21-34(38)31(20-35(32)39)29-15-13-28(42-17-16-40)18-27(29)22-43-36(41)23(2)3/h12-15,18-21,24-25,40H,2,4-11,16-17,22H2,1,3H3. The number of aliphatic hydroxyl groups is 1. The third-order valence-corrected chi connectivity index (χ3v) is 8.31. The van der Waals surface area contributed by atoms with Crippen LogP contribution >= 0.6 is 0 Å². The first-order valence-corrected chi connectivity index (χ1v) is 15.2. The fourth-order valence-electron chi connectivity index (χ4n) is 5.90. The van der Waals surface area contributed by atoms with Gasteiger partial charge in [-0.3, -0.25) is 0 Å². The average molecular weight is 595 g/mol. The Bertz CT molecular complexity index is 1430. The van der Waals surface area contributed by atoms with E-state index in [1.165, 1.54) is 44.7 Å². The van der Waals surface area contributed by atoms with Crippen LogP contribution < -0.4 is 4.74 Å². The van der Waals surface area contributed by atoms with E-state index in [0.717, 1.165) is 49.3 Å². The van der Waals surface area contributed by atoms with Gasteiger partial charge >= 0.3 is 5.97 Å². The summed E-state index contributed by atoms with van der Waals surface area (Å²) in [7, 11) is 0. The van der Waals surface area contributed by atoms with Gasteiger partial charge in [0.2, 0.25) is 0 Å². The molecule has 43 heavy (non-hydrogen) atoms. The van der Waals surface area contributed by atoms with Crippen LogP contribution in [0.1, 0.15) is 82.3 Å². The van der Waals surface area contributed by atoms with Gasteiger partial charge in [0.25, 0.3) is 0 Å². The first-order chi connectivity index (χ1) is 20.7. The minimum Gasteiger partial charge on any atom is -0.491 e. The normalized spacial score (nSPS) is 16.6. The summed E-state index contributed by atoms with van der Waals surface area (Å²) in [6.45, 7) is 6.86. The van der Waals surface area contributed by atoms with Crippen LogP contribution in [0.4, 0.5) is 13.2 Å². The van der Waals surface area contributed by atoms with Gasteiger partial charge in [0.15, 0.2) is 0 Å². The molecule has 0 amide bonds. The van der Waals surface area contributed by atoms with Crippen LogP contribution in [0.25, 0.3) is 22.3 Å². The van der Waals surface area contributed by atoms with Crippen molar-refractivity contribution in [1.29, 1.82) is 0 Å². The third kappa shape index (κ3) is 8.29. The first-order valence-electron chi connectivity index (χ1n) is 15.2. The van der Waals surface area contributed by atoms with Gasteiger partial charge in [-0.25, -0.2) is 18.0 Å². The Labute approximate surface area is 252 Å². The highest BCUT2D eigenvalue weighted by atomic mass is 19.1. The second-order valence-corrected chi connectivity index (χ2v) is 11.5. The number of aliphatic hydroxyl groups excluding tert-OH is 1. The lowest BCUT2D eigenvalue weighted by molar-refractivity contribution is -0.140. The molecule has 0 spiro atoms. The van der Waals surface area contributed by atoms with Crippen LogP contribution in [0.5, 0.6) is 5.75 Å². The van der Waals surface area contributed by atoms with Crippen molar-refractivity contribution < 1.29 is 32.5 Å². The highest BCUT2D eigenvalue weighted by Crippen LogP contribution is 2.40. The molecule has 4 nitrogen and oxygen atoms in total. The third-order valence-electron chi connectivity index (χ3n) is 8.31. The smallest absolute Gasteiger partial charge is 0.333 e. The molecule has 4 rings (SSSR count). The van der Waals surface area contributed by atoms with Gasteiger partial charge in [0.1, 0.15) is 36.4 Å². The molecule has 1 aliphatic carbocycles. The minimum atomic E-state index is -0.777. The molecule has 0 bridgehead atoms. The van der Waals surface area contributed by atoms with E-state index in [1.54, 1.807) is 18.2 Å². The van der Waals surface area contributed by atoms with Gasteiger partial charge in [-0.15, -0.1) is 0 Å². The molecule has 0 atom stereocenters. The van der Waals surface area contributed by atoms with Crippen LogP contribution in [0, 0.1) is 23.4 Å². The summed E-state index contributed by atoms with van der Waals surface area (Å²) in [5.74, 6) is -1.36. The van der Waals surface area contributed by atoms with Crippen molar-refractivity contribution in [2.24, 2.45) is 5.92 Å². The molecule has 0 unspecified atom stereocenters. The zero-order valence-corrected chi connectivity index (χ0v) is 25.1. The summed E-state index contributed by atoms with van der Waals surface area (Å²) in [6, 6.07) is 11.5. The van der Waals surface area contributed by atoms with Gasteiger partial charge in [0, 0.05) is 27.8 Å². The number of ether oxygens (including phenoxy) is 2. The number of hydrogen-bond donors (Lipinski definition) is 1. The molecule has 1 saturated carbocycles. The lowest BCUT2D eigenvalue weighted by atomic mass is 9.77. The predicted octanol–water partition coefficient (Wildman–Crippen LogP) is 9.28. The van der Waals surface area contributed by atoms with Crippen molar-refractivity contribution in [3.05, 3.63) is 89.3 Å². The van der Waals surface area contributed by atoms with E-state index in [-0.39, 0.29) is 53.6 Å². The molecule has 7 heteroatoms. The number of hydrogen-bond acceptors (Lipinski definition) is 4.